The SMILES string of the molecule is CN1Cc2ccnn2[C@@H](CCNS(=O)(=O)c2ccccc2)C1. The molecular formula is C15H20N4O2S. The molecule has 0 amide bonds. The Bertz CT molecular complexity index is 727. The normalized spacial score (nSPS) is 19.0. The lowest BCUT2D eigenvalue weighted by Gasteiger charge is -2.31. The molecule has 0 spiro atoms. The lowest BCUT2D eigenvalue weighted by molar-refractivity contribution is 0.203. The van der Waals surface area contributed by atoms with Crippen LogP contribution >= 0.6 is 0 Å². The van der Waals surface area contributed by atoms with Gasteiger partial charge in [-0.3, -0.25) is 9.58 Å². The molecule has 0 radical (unpaired) electrons. The van der Waals surface area contributed by atoms with Crippen LogP contribution in [0.5, 0.6) is 0 Å². The second kappa shape index (κ2) is 6.20. The van der Waals surface area contributed by atoms with Gasteiger partial charge in [0.25, 0.3) is 0 Å². The fourth-order valence-corrected chi connectivity index (χ4v) is 3.90. The van der Waals surface area contributed by atoms with Gasteiger partial charge in [0.1, 0.15) is 0 Å². The fourth-order valence-electron chi connectivity index (χ4n) is 2.83. The van der Waals surface area contributed by atoms with Crippen LogP contribution in [0.1, 0.15) is 18.2 Å². The average molecular weight is 320 g/mol. The van der Waals surface area contributed by atoms with Crippen LogP contribution in [-0.2, 0) is 16.6 Å². The first-order chi connectivity index (χ1) is 10.6. The Morgan fingerprint density at radius 3 is 2.82 bits per heavy atom. The Hall–Kier alpha value is -1.70. The van der Waals surface area contributed by atoms with Crippen molar-refractivity contribution in [2.75, 3.05) is 20.1 Å². The van der Waals surface area contributed by atoms with E-state index in [4.69, 9.17) is 0 Å². The van der Waals surface area contributed by atoms with E-state index in [1.54, 1.807) is 36.5 Å². The lowest BCUT2D eigenvalue weighted by Crippen LogP contribution is -2.37. The minimum absolute atomic E-state index is 0.197. The largest absolute Gasteiger partial charge is 0.298 e. The second-order valence-corrected chi connectivity index (χ2v) is 7.38. The zero-order valence-corrected chi connectivity index (χ0v) is 13.3. The Labute approximate surface area is 130 Å². The van der Waals surface area contributed by atoms with Gasteiger partial charge in [0.2, 0.25) is 10.0 Å². The van der Waals surface area contributed by atoms with E-state index in [2.05, 4.69) is 21.8 Å². The van der Waals surface area contributed by atoms with Gasteiger partial charge < -0.3 is 0 Å². The van der Waals surface area contributed by atoms with Crippen LogP contribution in [0.25, 0.3) is 0 Å². The van der Waals surface area contributed by atoms with Gasteiger partial charge in [-0.2, -0.15) is 5.10 Å². The molecule has 2 aromatic rings. The van der Waals surface area contributed by atoms with Gasteiger partial charge in [0, 0.05) is 25.8 Å². The highest BCUT2D eigenvalue weighted by Crippen LogP contribution is 2.21. The monoisotopic (exact) mass is 320 g/mol. The summed E-state index contributed by atoms with van der Waals surface area (Å²) in [6.07, 6.45) is 2.51. The summed E-state index contributed by atoms with van der Waals surface area (Å²) >= 11 is 0. The van der Waals surface area contributed by atoms with E-state index in [0.717, 1.165) is 13.1 Å². The average Bonchev–Trinajstić information content (AvgIpc) is 2.96. The highest BCUT2D eigenvalue weighted by Gasteiger charge is 2.23. The van der Waals surface area contributed by atoms with E-state index in [-0.39, 0.29) is 6.04 Å². The number of aromatic nitrogens is 2. The van der Waals surface area contributed by atoms with Crippen LogP contribution in [-0.4, -0.2) is 43.2 Å². The number of hydrogen-bond donors (Lipinski definition) is 1. The van der Waals surface area contributed by atoms with Crippen molar-refractivity contribution in [3.8, 4) is 0 Å². The van der Waals surface area contributed by atoms with Crippen molar-refractivity contribution < 1.29 is 8.42 Å². The van der Waals surface area contributed by atoms with Crippen molar-refractivity contribution >= 4 is 10.0 Å². The van der Waals surface area contributed by atoms with Crippen molar-refractivity contribution in [1.29, 1.82) is 0 Å². The summed E-state index contributed by atoms with van der Waals surface area (Å²) in [5.41, 5.74) is 1.17. The van der Waals surface area contributed by atoms with Crippen LogP contribution in [0.4, 0.5) is 0 Å². The molecule has 0 bridgehead atoms. The Morgan fingerprint density at radius 1 is 1.27 bits per heavy atom. The molecular weight excluding hydrogens is 300 g/mol. The molecule has 1 aliphatic rings. The molecule has 1 aliphatic heterocycles. The van der Waals surface area contributed by atoms with Crippen LogP contribution in [0, 0.1) is 0 Å². The van der Waals surface area contributed by atoms with Crippen LogP contribution in [0.2, 0.25) is 0 Å². The van der Waals surface area contributed by atoms with Crippen molar-refractivity contribution in [2.24, 2.45) is 0 Å². The molecule has 0 saturated carbocycles. The molecule has 1 aromatic heterocycles. The molecule has 7 heteroatoms. The van der Waals surface area contributed by atoms with Gasteiger partial charge in [-0.15, -0.1) is 0 Å². The molecule has 1 atom stereocenters. The van der Waals surface area contributed by atoms with E-state index >= 15 is 0 Å². The van der Waals surface area contributed by atoms with E-state index in [0.29, 0.717) is 17.9 Å². The third-order valence-corrected chi connectivity index (χ3v) is 5.35. The second-order valence-electron chi connectivity index (χ2n) is 5.62. The van der Waals surface area contributed by atoms with Crippen molar-refractivity contribution in [2.45, 2.75) is 23.9 Å². The third-order valence-electron chi connectivity index (χ3n) is 3.88. The molecule has 6 nitrogen and oxygen atoms in total. The number of likely N-dealkylation sites (N-methyl/N-ethyl adjacent to an activating group) is 1. The minimum atomic E-state index is -3.43. The van der Waals surface area contributed by atoms with Gasteiger partial charge in [-0.1, -0.05) is 18.2 Å². The lowest BCUT2D eigenvalue weighted by atomic mass is 10.1. The standard InChI is InChI=1S/C15H20N4O2S/c1-18-11-13-7-9-16-19(13)14(12-18)8-10-17-22(20,21)15-5-3-2-4-6-15/h2-7,9,14,17H,8,10-12H2,1H3/t14-/m0/s1. The highest BCUT2D eigenvalue weighted by molar-refractivity contribution is 7.89. The number of sulfonamides is 1. The Morgan fingerprint density at radius 2 is 2.05 bits per heavy atom. The molecule has 0 saturated heterocycles. The first kappa shape index (κ1) is 15.2. The third kappa shape index (κ3) is 3.21. The summed E-state index contributed by atoms with van der Waals surface area (Å²) in [7, 11) is -1.36. The maximum absolute atomic E-state index is 12.2. The van der Waals surface area contributed by atoms with Gasteiger partial charge in [-0.25, -0.2) is 13.1 Å². The Kier molecular flexibility index (Phi) is 4.28. The first-order valence-corrected chi connectivity index (χ1v) is 8.80. The van der Waals surface area contributed by atoms with Crippen molar-refractivity contribution in [1.82, 2.24) is 19.4 Å². The predicted octanol–water partition coefficient (Wildman–Crippen LogP) is 1.24. The number of fused-ring (bicyclic) bond motifs is 1. The number of rotatable bonds is 5. The van der Waals surface area contributed by atoms with E-state index < -0.39 is 10.0 Å². The maximum atomic E-state index is 12.2. The van der Waals surface area contributed by atoms with Gasteiger partial charge in [-0.05, 0) is 31.7 Å². The number of nitrogens with one attached hydrogen (secondary N) is 1. The maximum Gasteiger partial charge on any atom is 0.240 e. The minimum Gasteiger partial charge on any atom is -0.298 e. The fraction of sp³-hybridized carbons (Fsp3) is 0.400. The molecule has 0 aliphatic carbocycles. The van der Waals surface area contributed by atoms with Crippen LogP contribution < -0.4 is 4.72 Å². The molecule has 0 unspecified atom stereocenters. The van der Waals surface area contributed by atoms with Crippen LogP contribution in [0.15, 0.2) is 47.5 Å². The zero-order valence-electron chi connectivity index (χ0n) is 12.5. The smallest absolute Gasteiger partial charge is 0.240 e. The van der Waals surface area contributed by atoms with Crippen LogP contribution in [0.3, 0.4) is 0 Å². The number of benzene rings is 1. The predicted molar refractivity (Wildman–Crippen MR) is 83.8 cm³/mol. The number of hydrogen-bond acceptors (Lipinski definition) is 4. The Balaban J connectivity index is 1.63. The quantitative estimate of drug-likeness (QED) is 0.900. The molecule has 3 rings (SSSR count). The van der Waals surface area contributed by atoms with Crippen molar-refractivity contribution in [3.05, 3.63) is 48.3 Å². The number of nitrogens with zero attached hydrogens (tertiary/aromatic N) is 3. The molecule has 118 valence electrons. The topological polar surface area (TPSA) is 67.2 Å². The van der Waals surface area contributed by atoms with Gasteiger partial charge >= 0.3 is 0 Å². The first-order valence-electron chi connectivity index (χ1n) is 7.32. The highest BCUT2D eigenvalue weighted by atomic mass is 32.2. The van der Waals surface area contributed by atoms with Crippen molar-refractivity contribution in [3.63, 3.8) is 0 Å². The summed E-state index contributed by atoms with van der Waals surface area (Å²) in [4.78, 5) is 2.53. The van der Waals surface area contributed by atoms with Gasteiger partial charge in [0.15, 0.2) is 0 Å². The summed E-state index contributed by atoms with van der Waals surface area (Å²) < 4.78 is 29.1. The van der Waals surface area contributed by atoms with E-state index in [1.165, 1.54) is 5.69 Å². The molecule has 2 heterocycles. The molecule has 1 aromatic carbocycles. The molecule has 1 N–H and O–H groups in total. The summed E-state index contributed by atoms with van der Waals surface area (Å²) in [6, 6.07) is 10.7. The van der Waals surface area contributed by atoms with E-state index in [9.17, 15) is 8.42 Å². The summed E-state index contributed by atoms with van der Waals surface area (Å²) in [5, 5.41) is 4.36. The zero-order chi connectivity index (χ0) is 15.6. The summed E-state index contributed by atoms with van der Waals surface area (Å²) in [6.45, 7) is 2.16. The van der Waals surface area contributed by atoms with E-state index in [1.807, 2.05) is 10.7 Å². The van der Waals surface area contributed by atoms with Gasteiger partial charge in [0.05, 0.1) is 16.6 Å². The summed E-state index contributed by atoms with van der Waals surface area (Å²) in [5.74, 6) is 0. The molecule has 22 heavy (non-hydrogen) atoms. The molecule has 0 fully saturated rings.